The van der Waals surface area contributed by atoms with Gasteiger partial charge >= 0.3 is 0 Å². The van der Waals surface area contributed by atoms with Crippen LogP contribution in [0.15, 0.2) is 17.5 Å². The predicted molar refractivity (Wildman–Crippen MR) is 72.0 cm³/mol. The van der Waals surface area contributed by atoms with E-state index in [9.17, 15) is 0 Å². The van der Waals surface area contributed by atoms with Gasteiger partial charge in [-0.05, 0) is 62.1 Å². The van der Waals surface area contributed by atoms with Gasteiger partial charge in [0.05, 0.1) is 0 Å². The van der Waals surface area contributed by atoms with Gasteiger partial charge in [-0.2, -0.15) is 0 Å². The summed E-state index contributed by atoms with van der Waals surface area (Å²) in [5.74, 6) is 1.86. The Morgan fingerprint density at radius 3 is 3.00 bits per heavy atom. The molecule has 1 aliphatic rings. The molecule has 0 amide bonds. The van der Waals surface area contributed by atoms with Gasteiger partial charge in [0, 0.05) is 4.88 Å². The molecular formula is C14H23NS. The summed E-state index contributed by atoms with van der Waals surface area (Å²) in [5.41, 5.74) is 0. The van der Waals surface area contributed by atoms with Gasteiger partial charge in [0.15, 0.2) is 0 Å². The first-order valence-corrected chi connectivity index (χ1v) is 7.51. The van der Waals surface area contributed by atoms with Gasteiger partial charge in [0.2, 0.25) is 0 Å². The van der Waals surface area contributed by atoms with Crippen molar-refractivity contribution in [1.82, 2.24) is 5.32 Å². The molecule has 0 saturated heterocycles. The zero-order chi connectivity index (χ0) is 11.2. The average molecular weight is 237 g/mol. The van der Waals surface area contributed by atoms with E-state index in [4.69, 9.17) is 0 Å². The molecule has 2 rings (SSSR count). The molecule has 0 radical (unpaired) electrons. The molecule has 1 nitrogen and oxygen atoms in total. The molecular weight excluding hydrogens is 214 g/mol. The second kappa shape index (κ2) is 6.41. The summed E-state index contributed by atoms with van der Waals surface area (Å²) in [4.78, 5) is 1.58. The van der Waals surface area contributed by atoms with E-state index < -0.39 is 0 Å². The van der Waals surface area contributed by atoms with Crippen LogP contribution in [0.1, 0.15) is 37.5 Å². The summed E-state index contributed by atoms with van der Waals surface area (Å²) in [5, 5.41) is 5.79. The highest BCUT2D eigenvalue weighted by atomic mass is 32.1. The van der Waals surface area contributed by atoms with Gasteiger partial charge in [-0.1, -0.05) is 19.4 Å². The predicted octanol–water partition coefficient (Wildman–Crippen LogP) is 3.71. The second-order valence-corrected chi connectivity index (χ2v) is 5.97. The molecule has 0 aromatic carbocycles. The fraction of sp³-hybridized carbons (Fsp3) is 0.714. The summed E-state index contributed by atoms with van der Waals surface area (Å²) >= 11 is 1.92. The quantitative estimate of drug-likeness (QED) is 0.744. The van der Waals surface area contributed by atoms with Crippen LogP contribution in [0, 0.1) is 11.8 Å². The monoisotopic (exact) mass is 237 g/mol. The Bertz CT molecular complexity index is 281. The Balaban J connectivity index is 1.79. The molecule has 1 fully saturated rings. The third-order valence-corrected chi connectivity index (χ3v) is 4.59. The first kappa shape index (κ1) is 12.1. The van der Waals surface area contributed by atoms with Crippen molar-refractivity contribution in [1.29, 1.82) is 0 Å². The highest BCUT2D eigenvalue weighted by Gasteiger charge is 2.26. The van der Waals surface area contributed by atoms with Crippen molar-refractivity contribution in [3.63, 3.8) is 0 Å². The Hall–Kier alpha value is -0.340. The minimum absolute atomic E-state index is 0.925. The lowest BCUT2D eigenvalue weighted by Crippen LogP contribution is -2.26. The van der Waals surface area contributed by atoms with Crippen LogP contribution in [0.2, 0.25) is 0 Å². The molecule has 1 heterocycles. The third kappa shape index (κ3) is 3.33. The lowest BCUT2D eigenvalue weighted by atomic mass is 9.92. The lowest BCUT2D eigenvalue weighted by molar-refractivity contribution is 0.367. The summed E-state index contributed by atoms with van der Waals surface area (Å²) in [6, 6.07) is 4.47. The maximum atomic E-state index is 3.59. The third-order valence-electron chi connectivity index (χ3n) is 3.69. The fourth-order valence-electron chi connectivity index (χ4n) is 2.80. The van der Waals surface area contributed by atoms with Gasteiger partial charge in [-0.15, -0.1) is 11.3 Å². The Morgan fingerprint density at radius 2 is 2.25 bits per heavy atom. The SMILES string of the molecule is CCCNCC1CCCC1Cc1cccs1. The van der Waals surface area contributed by atoms with E-state index in [1.807, 2.05) is 11.3 Å². The van der Waals surface area contributed by atoms with E-state index in [0.29, 0.717) is 0 Å². The molecule has 0 spiro atoms. The summed E-state index contributed by atoms with van der Waals surface area (Å²) in [6.07, 6.45) is 6.89. The lowest BCUT2D eigenvalue weighted by Gasteiger charge is -2.19. The van der Waals surface area contributed by atoms with E-state index in [1.165, 1.54) is 45.2 Å². The minimum atomic E-state index is 0.925. The Kier molecular flexibility index (Phi) is 4.86. The van der Waals surface area contributed by atoms with Crippen molar-refractivity contribution in [2.24, 2.45) is 11.8 Å². The van der Waals surface area contributed by atoms with Gasteiger partial charge in [-0.25, -0.2) is 0 Å². The topological polar surface area (TPSA) is 12.0 Å². The van der Waals surface area contributed by atoms with E-state index in [-0.39, 0.29) is 0 Å². The van der Waals surface area contributed by atoms with Crippen LogP contribution in [0.4, 0.5) is 0 Å². The molecule has 2 heteroatoms. The fourth-order valence-corrected chi connectivity index (χ4v) is 3.60. The van der Waals surface area contributed by atoms with Crippen molar-refractivity contribution >= 4 is 11.3 Å². The molecule has 0 aliphatic heterocycles. The largest absolute Gasteiger partial charge is 0.316 e. The van der Waals surface area contributed by atoms with Crippen LogP contribution in [0.5, 0.6) is 0 Å². The maximum Gasteiger partial charge on any atom is 0.00480 e. The highest BCUT2D eigenvalue weighted by molar-refractivity contribution is 7.09. The van der Waals surface area contributed by atoms with Gasteiger partial charge in [0.25, 0.3) is 0 Å². The Morgan fingerprint density at radius 1 is 1.38 bits per heavy atom. The molecule has 1 saturated carbocycles. The van der Waals surface area contributed by atoms with Crippen LogP contribution in [-0.4, -0.2) is 13.1 Å². The van der Waals surface area contributed by atoms with Gasteiger partial charge < -0.3 is 5.32 Å². The second-order valence-electron chi connectivity index (χ2n) is 4.94. The van der Waals surface area contributed by atoms with Crippen LogP contribution >= 0.6 is 11.3 Å². The maximum absolute atomic E-state index is 3.59. The van der Waals surface area contributed by atoms with Crippen molar-refractivity contribution in [2.75, 3.05) is 13.1 Å². The van der Waals surface area contributed by atoms with E-state index in [0.717, 1.165) is 11.8 Å². The van der Waals surface area contributed by atoms with Crippen molar-refractivity contribution in [3.05, 3.63) is 22.4 Å². The van der Waals surface area contributed by atoms with Gasteiger partial charge in [-0.3, -0.25) is 0 Å². The number of rotatable bonds is 6. The van der Waals surface area contributed by atoms with Crippen molar-refractivity contribution in [2.45, 2.75) is 39.0 Å². The van der Waals surface area contributed by atoms with Crippen LogP contribution in [-0.2, 0) is 6.42 Å². The molecule has 1 aromatic rings. The van der Waals surface area contributed by atoms with Gasteiger partial charge in [0.1, 0.15) is 0 Å². The first-order valence-electron chi connectivity index (χ1n) is 6.63. The Labute approximate surface area is 103 Å². The van der Waals surface area contributed by atoms with E-state index in [2.05, 4.69) is 29.8 Å². The van der Waals surface area contributed by atoms with Crippen molar-refractivity contribution in [3.8, 4) is 0 Å². The number of thiophene rings is 1. The molecule has 0 bridgehead atoms. The number of nitrogens with one attached hydrogen (secondary N) is 1. The molecule has 1 aromatic heterocycles. The molecule has 2 atom stereocenters. The van der Waals surface area contributed by atoms with Crippen LogP contribution in [0.3, 0.4) is 0 Å². The number of hydrogen-bond acceptors (Lipinski definition) is 2. The molecule has 2 unspecified atom stereocenters. The van der Waals surface area contributed by atoms with Crippen LogP contribution in [0.25, 0.3) is 0 Å². The molecule has 1 N–H and O–H groups in total. The highest BCUT2D eigenvalue weighted by Crippen LogP contribution is 2.34. The van der Waals surface area contributed by atoms with E-state index >= 15 is 0 Å². The van der Waals surface area contributed by atoms with E-state index in [1.54, 1.807) is 4.88 Å². The molecule has 1 aliphatic carbocycles. The zero-order valence-electron chi connectivity index (χ0n) is 10.2. The number of hydrogen-bond donors (Lipinski definition) is 1. The van der Waals surface area contributed by atoms with Crippen molar-refractivity contribution < 1.29 is 0 Å². The molecule has 16 heavy (non-hydrogen) atoms. The minimum Gasteiger partial charge on any atom is -0.316 e. The summed E-state index contributed by atoms with van der Waals surface area (Å²) < 4.78 is 0. The summed E-state index contributed by atoms with van der Waals surface area (Å²) in [7, 11) is 0. The smallest absolute Gasteiger partial charge is 0.00480 e. The normalized spacial score (nSPS) is 25.1. The first-order chi connectivity index (χ1) is 7.90. The standard InChI is InChI=1S/C14H23NS/c1-2-8-15-11-13-6-3-5-12(13)10-14-7-4-9-16-14/h4,7,9,12-13,15H,2-3,5-6,8,10-11H2,1H3. The molecule has 90 valence electrons. The summed E-state index contributed by atoms with van der Waals surface area (Å²) in [6.45, 7) is 4.66. The zero-order valence-corrected chi connectivity index (χ0v) is 11.1. The van der Waals surface area contributed by atoms with Crippen LogP contribution < -0.4 is 5.32 Å². The average Bonchev–Trinajstić information content (AvgIpc) is 2.92.